The van der Waals surface area contributed by atoms with Crippen LogP contribution >= 0.6 is 0 Å². The lowest BCUT2D eigenvalue weighted by Crippen LogP contribution is -2.30. The zero-order valence-electron chi connectivity index (χ0n) is 9.78. The number of sulfonamides is 1. The van der Waals surface area contributed by atoms with Gasteiger partial charge in [-0.25, -0.2) is 17.9 Å². The summed E-state index contributed by atoms with van der Waals surface area (Å²) in [5.74, 6) is -1.42. The second-order valence-electron chi connectivity index (χ2n) is 3.65. The van der Waals surface area contributed by atoms with Crippen LogP contribution in [0.4, 0.5) is 0 Å². The van der Waals surface area contributed by atoms with Crippen molar-refractivity contribution in [2.75, 3.05) is 6.54 Å². The number of carboxylic acids is 1. The number of aliphatic carboxylic acids is 1. The Balaban J connectivity index is 2.77. The SMILES string of the molecule is N#Cc1ccccc1S(=O)(=O)NCC[C@H](O)C(=O)O. The highest BCUT2D eigenvalue weighted by Crippen LogP contribution is 2.13. The number of carboxylic acid groups (broad SMARTS) is 1. The largest absolute Gasteiger partial charge is 0.479 e. The Hall–Kier alpha value is -1.95. The zero-order chi connectivity index (χ0) is 14.5. The van der Waals surface area contributed by atoms with Gasteiger partial charge in [0, 0.05) is 6.54 Å². The molecule has 0 saturated heterocycles. The third-order valence-corrected chi connectivity index (χ3v) is 3.81. The standard InChI is InChI=1S/C11H12N2O5S/c12-7-8-3-1-2-4-10(8)19(17,18)13-6-5-9(14)11(15)16/h1-4,9,13-14H,5-6H2,(H,15,16)/t9-/m0/s1. The van der Waals surface area contributed by atoms with Crippen LogP contribution in [0.5, 0.6) is 0 Å². The molecule has 1 atom stereocenters. The number of aliphatic hydroxyl groups excluding tert-OH is 1. The predicted molar refractivity (Wildman–Crippen MR) is 64.6 cm³/mol. The number of hydrogen-bond acceptors (Lipinski definition) is 5. The van der Waals surface area contributed by atoms with E-state index in [0.717, 1.165) is 0 Å². The number of nitrogens with one attached hydrogen (secondary N) is 1. The Morgan fingerprint density at radius 1 is 1.42 bits per heavy atom. The molecular weight excluding hydrogens is 272 g/mol. The van der Waals surface area contributed by atoms with Crippen molar-refractivity contribution in [1.82, 2.24) is 4.72 Å². The smallest absolute Gasteiger partial charge is 0.332 e. The van der Waals surface area contributed by atoms with Gasteiger partial charge in [0.2, 0.25) is 10.0 Å². The van der Waals surface area contributed by atoms with E-state index >= 15 is 0 Å². The van der Waals surface area contributed by atoms with E-state index in [2.05, 4.69) is 4.72 Å². The van der Waals surface area contributed by atoms with Crippen LogP contribution < -0.4 is 4.72 Å². The fourth-order valence-corrected chi connectivity index (χ4v) is 2.53. The minimum absolute atomic E-state index is 0.00576. The van der Waals surface area contributed by atoms with E-state index in [9.17, 15) is 13.2 Å². The van der Waals surface area contributed by atoms with Crippen molar-refractivity contribution >= 4 is 16.0 Å². The molecule has 0 aromatic heterocycles. The quantitative estimate of drug-likeness (QED) is 0.656. The molecule has 1 aromatic rings. The van der Waals surface area contributed by atoms with Gasteiger partial charge >= 0.3 is 5.97 Å². The van der Waals surface area contributed by atoms with Crippen LogP contribution in [-0.2, 0) is 14.8 Å². The first kappa shape index (κ1) is 15.1. The Kier molecular flexibility index (Phi) is 5.00. The fraction of sp³-hybridized carbons (Fsp3) is 0.273. The van der Waals surface area contributed by atoms with E-state index in [1.807, 2.05) is 0 Å². The molecule has 102 valence electrons. The van der Waals surface area contributed by atoms with Crippen LogP contribution in [0.15, 0.2) is 29.2 Å². The third kappa shape index (κ3) is 4.03. The Bertz CT molecular complexity index is 606. The highest BCUT2D eigenvalue weighted by atomic mass is 32.2. The Morgan fingerprint density at radius 2 is 2.05 bits per heavy atom. The van der Waals surface area contributed by atoms with E-state index in [4.69, 9.17) is 15.5 Å². The van der Waals surface area contributed by atoms with E-state index in [0.29, 0.717) is 0 Å². The number of carbonyl (C=O) groups is 1. The minimum Gasteiger partial charge on any atom is -0.479 e. The lowest BCUT2D eigenvalue weighted by molar-refractivity contribution is -0.146. The summed E-state index contributed by atoms with van der Waals surface area (Å²) < 4.78 is 25.9. The highest BCUT2D eigenvalue weighted by molar-refractivity contribution is 7.89. The number of benzene rings is 1. The molecule has 0 radical (unpaired) electrons. The topological polar surface area (TPSA) is 127 Å². The molecule has 0 fully saturated rings. The molecule has 19 heavy (non-hydrogen) atoms. The second-order valence-corrected chi connectivity index (χ2v) is 5.38. The summed E-state index contributed by atoms with van der Waals surface area (Å²) in [5, 5.41) is 26.3. The lowest BCUT2D eigenvalue weighted by Gasteiger charge is -2.09. The summed E-state index contributed by atoms with van der Waals surface area (Å²) in [6.45, 7) is -0.241. The highest BCUT2D eigenvalue weighted by Gasteiger charge is 2.19. The number of nitriles is 1. The Morgan fingerprint density at radius 3 is 2.63 bits per heavy atom. The molecule has 0 aliphatic carbocycles. The Labute approximate surface area is 110 Å². The molecule has 0 aliphatic heterocycles. The van der Waals surface area contributed by atoms with Gasteiger partial charge in [-0.3, -0.25) is 0 Å². The molecule has 7 nitrogen and oxygen atoms in total. The summed E-state index contributed by atoms with van der Waals surface area (Å²) in [4.78, 5) is 10.2. The summed E-state index contributed by atoms with van der Waals surface area (Å²) in [5.41, 5.74) is -0.00576. The lowest BCUT2D eigenvalue weighted by atomic mass is 10.2. The van der Waals surface area contributed by atoms with Gasteiger partial charge < -0.3 is 10.2 Å². The second kappa shape index (κ2) is 6.29. The van der Waals surface area contributed by atoms with Crippen LogP contribution in [0.2, 0.25) is 0 Å². The molecule has 3 N–H and O–H groups in total. The van der Waals surface area contributed by atoms with Gasteiger partial charge in [-0.15, -0.1) is 0 Å². The first-order chi connectivity index (χ1) is 8.88. The van der Waals surface area contributed by atoms with Gasteiger partial charge in [0.15, 0.2) is 6.10 Å². The summed E-state index contributed by atoms with van der Waals surface area (Å²) in [7, 11) is -3.90. The molecule has 0 unspecified atom stereocenters. The van der Waals surface area contributed by atoms with Gasteiger partial charge in [0.05, 0.1) is 10.5 Å². The normalized spacial score (nSPS) is 12.6. The van der Waals surface area contributed by atoms with E-state index in [-0.39, 0.29) is 23.4 Å². The minimum atomic E-state index is -3.90. The average Bonchev–Trinajstić information content (AvgIpc) is 2.38. The number of rotatable bonds is 6. The molecule has 1 rings (SSSR count). The molecule has 1 aromatic carbocycles. The van der Waals surface area contributed by atoms with Gasteiger partial charge in [-0.05, 0) is 18.6 Å². The number of aliphatic hydroxyl groups is 1. The average molecular weight is 284 g/mol. The van der Waals surface area contributed by atoms with Crippen molar-refractivity contribution in [3.63, 3.8) is 0 Å². The predicted octanol–water partition coefficient (Wildman–Crippen LogP) is -0.328. The van der Waals surface area contributed by atoms with Gasteiger partial charge in [-0.2, -0.15) is 5.26 Å². The first-order valence-corrected chi connectivity index (χ1v) is 6.76. The van der Waals surface area contributed by atoms with Crippen molar-refractivity contribution in [2.24, 2.45) is 0 Å². The van der Waals surface area contributed by atoms with Crippen LogP contribution in [0.1, 0.15) is 12.0 Å². The molecule has 0 heterocycles. The molecular formula is C11H12N2O5S. The monoisotopic (exact) mass is 284 g/mol. The maximum Gasteiger partial charge on any atom is 0.332 e. The van der Waals surface area contributed by atoms with E-state index in [1.54, 1.807) is 6.07 Å². The van der Waals surface area contributed by atoms with Crippen LogP contribution in [0, 0.1) is 11.3 Å². The van der Waals surface area contributed by atoms with Crippen LogP contribution in [0.25, 0.3) is 0 Å². The molecule has 0 aliphatic rings. The fourth-order valence-electron chi connectivity index (χ4n) is 1.32. The van der Waals surface area contributed by atoms with Gasteiger partial charge in [0.1, 0.15) is 6.07 Å². The van der Waals surface area contributed by atoms with E-state index in [1.165, 1.54) is 24.3 Å². The number of hydrogen-bond donors (Lipinski definition) is 3. The van der Waals surface area contributed by atoms with Gasteiger partial charge in [0.25, 0.3) is 0 Å². The molecule has 8 heteroatoms. The zero-order valence-corrected chi connectivity index (χ0v) is 10.6. The third-order valence-electron chi connectivity index (χ3n) is 2.29. The number of nitrogens with zero attached hydrogens (tertiary/aromatic N) is 1. The van der Waals surface area contributed by atoms with Crippen molar-refractivity contribution in [1.29, 1.82) is 5.26 Å². The maximum atomic E-state index is 11.9. The summed E-state index contributed by atoms with van der Waals surface area (Å²) in [6.07, 6.45) is -1.89. The van der Waals surface area contributed by atoms with E-state index < -0.39 is 22.1 Å². The first-order valence-electron chi connectivity index (χ1n) is 5.28. The maximum absolute atomic E-state index is 11.9. The van der Waals surface area contributed by atoms with Crippen LogP contribution in [-0.4, -0.2) is 37.2 Å². The van der Waals surface area contributed by atoms with Crippen LogP contribution in [0.3, 0.4) is 0 Å². The molecule has 0 spiro atoms. The summed E-state index contributed by atoms with van der Waals surface area (Å²) in [6, 6.07) is 7.40. The molecule has 0 bridgehead atoms. The van der Waals surface area contributed by atoms with Crippen molar-refractivity contribution in [3.05, 3.63) is 29.8 Å². The van der Waals surface area contributed by atoms with Crippen molar-refractivity contribution in [2.45, 2.75) is 17.4 Å². The van der Waals surface area contributed by atoms with Gasteiger partial charge in [-0.1, -0.05) is 12.1 Å². The molecule has 0 saturated carbocycles. The van der Waals surface area contributed by atoms with Crippen molar-refractivity contribution in [3.8, 4) is 6.07 Å². The van der Waals surface area contributed by atoms with Crippen molar-refractivity contribution < 1.29 is 23.4 Å². The summed E-state index contributed by atoms with van der Waals surface area (Å²) >= 11 is 0. The molecule has 0 amide bonds.